The first-order valence-electron chi connectivity index (χ1n) is 4.79. The maximum atomic E-state index is 11.2. The van der Waals surface area contributed by atoms with Gasteiger partial charge in [0.1, 0.15) is 11.4 Å². The summed E-state index contributed by atoms with van der Waals surface area (Å²) in [6.07, 6.45) is 2.33. The van der Waals surface area contributed by atoms with Gasteiger partial charge in [-0.3, -0.25) is 9.78 Å². The van der Waals surface area contributed by atoms with E-state index in [0.717, 1.165) is 6.42 Å². The van der Waals surface area contributed by atoms with Gasteiger partial charge in [-0.15, -0.1) is 0 Å². The molecule has 0 fully saturated rings. The molecular formula is C10H15N3O2. The van der Waals surface area contributed by atoms with Gasteiger partial charge in [-0.25, -0.2) is 0 Å². The number of hydrogen-bond donors (Lipinski definition) is 2. The van der Waals surface area contributed by atoms with Crippen molar-refractivity contribution in [3.05, 3.63) is 24.0 Å². The Morgan fingerprint density at radius 1 is 1.67 bits per heavy atom. The van der Waals surface area contributed by atoms with Crippen molar-refractivity contribution in [3.63, 3.8) is 0 Å². The maximum Gasteiger partial charge on any atom is 0.269 e. The predicted octanol–water partition coefficient (Wildman–Crippen LogP) is 0.169. The van der Waals surface area contributed by atoms with E-state index >= 15 is 0 Å². The zero-order valence-corrected chi connectivity index (χ0v) is 8.69. The molecule has 1 aromatic heterocycles. The number of carbonyl (C=O) groups excluding carboxylic acids is 1. The first-order valence-corrected chi connectivity index (χ1v) is 4.79. The fraction of sp³-hybridized carbons (Fsp3) is 0.400. The number of nitrogens with zero attached hydrogens (tertiary/aromatic N) is 1. The minimum absolute atomic E-state index is 0.223. The Balaban J connectivity index is 2.62. The Labute approximate surface area is 88.6 Å². The molecule has 1 rings (SSSR count). The van der Waals surface area contributed by atoms with Crippen LogP contribution < -0.4 is 15.8 Å². The summed E-state index contributed by atoms with van der Waals surface area (Å²) < 4.78 is 5.38. The number of rotatable bonds is 5. The van der Waals surface area contributed by atoms with Crippen molar-refractivity contribution in [2.45, 2.75) is 6.42 Å². The lowest BCUT2D eigenvalue weighted by Gasteiger charge is -2.05. The third kappa shape index (κ3) is 3.55. The third-order valence-electron chi connectivity index (χ3n) is 1.81. The lowest BCUT2D eigenvalue weighted by atomic mass is 10.3. The molecule has 82 valence electrons. The molecule has 1 aromatic rings. The van der Waals surface area contributed by atoms with E-state index in [4.69, 9.17) is 10.5 Å². The van der Waals surface area contributed by atoms with Crippen molar-refractivity contribution < 1.29 is 9.53 Å². The number of aromatic nitrogens is 1. The molecule has 0 aliphatic carbocycles. The predicted molar refractivity (Wildman–Crippen MR) is 56.8 cm³/mol. The maximum absolute atomic E-state index is 11.2. The molecule has 0 atom stereocenters. The third-order valence-corrected chi connectivity index (χ3v) is 1.81. The van der Waals surface area contributed by atoms with E-state index in [1.807, 2.05) is 0 Å². The van der Waals surface area contributed by atoms with E-state index in [0.29, 0.717) is 24.6 Å². The molecule has 0 spiro atoms. The van der Waals surface area contributed by atoms with Crippen LogP contribution in [0.25, 0.3) is 0 Å². The molecule has 3 N–H and O–H groups in total. The number of nitrogens with two attached hydrogens (primary N) is 1. The Morgan fingerprint density at radius 3 is 3.13 bits per heavy atom. The Bertz CT molecular complexity index is 328. The highest BCUT2D eigenvalue weighted by molar-refractivity contribution is 5.92. The van der Waals surface area contributed by atoms with E-state index in [9.17, 15) is 4.79 Å². The van der Waals surface area contributed by atoms with E-state index in [2.05, 4.69) is 10.3 Å². The minimum Gasteiger partial charge on any atom is -0.493 e. The monoisotopic (exact) mass is 209 g/mol. The van der Waals surface area contributed by atoms with Crippen LogP contribution in [0.5, 0.6) is 5.75 Å². The molecule has 1 heterocycles. The van der Waals surface area contributed by atoms with Crippen LogP contribution in [0.1, 0.15) is 16.9 Å². The van der Waals surface area contributed by atoms with Crippen molar-refractivity contribution in [2.24, 2.45) is 5.73 Å². The first kappa shape index (κ1) is 11.5. The normalized spacial score (nSPS) is 9.73. The van der Waals surface area contributed by atoms with Crippen LogP contribution in [0, 0.1) is 0 Å². The van der Waals surface area contributed by atoms with Crippen molar-refractivity contribution in [3.8, 4) is 5.75 Å². The fourth-order valence-electron chi connectivity index (χ4n) is 1.03. The van der Waals surface area contributed by atoms with Crippen LogP contribution >= 0.6 is 0 Å². The molecule has 0 radical (unpaired) electrons. The van der Waals surface area contributed by atoms with Gasteiger partial charge >= 0.3 is 0 Å². The lowest BCUT2D eigenvalue weighted by molar-refractivity contribution is 0.0957. The summed E-state index contributed by atoms with van der Waals surface area (Å²) in [7, 11) is 1.56. The SMILES string of the molecule is CNC(=O)c1cc(OCCCN)ccn1. The molecule has 1 amide bonds. The number of amides is 1. The fourth-order valence-corrected chi connectivity index (χ4v) is 1.03. The highest BCUT2D eigenvalue weighted by atomic mass is 16.5. The van der Waals surface area contributed by atoms with Crippen molar-refractivity contribution in [1.29, 1.82) is 0 Å². The summed E-state index contributed by atoms with van der Waals surface area (Å²) in [6.45, 7) is 1.14. The second-order valence-corrected chi connectivity index (χ2v) is 2.95. The Kier molecular flexibility index (Phi) is 4.56. The van der Waals surface area contributed by atoms with Gasteiger partial charge in [0, 0.05) is 19.3 Å². The summed E-state index contributed by atoms with van der Waals surface area (Å²) >= 11 is 0. The van der Waals surface area contributed by atoms with Gasteiger partial charge in [-0.1, -0.05) is 0 Å². The summed E-state index contributed by atoms with van der Waals surface area (Å²) in [6, 6.07) is 3.32. The smallest absolute Gasteiger partial charge is 0.269 e. The standard InChI is InChI=1S/C10H15N3O2/c1-12-10(14)9-7-8(3-5-13-9)15-6-2-4-11/h3,5,7H,2,4,6,11H2,1H3,(H,12,14). The minimum atomic E-state index is -0.223. The van der Waals surface area contributed by atoms with Crippen molar-refractivity contribution >= 4 is 5.91 Å². The van der Waals surface area contributed by atoms with Crippen LogP contribution in [0.2, 0.25) is 0 Å². The van der Waals surface area contributed by atoms with Crippen LogP contribution in [0.15, 0.2) is 18.3 Å². The zero-order valence-electron chi connectivity index (χ0n) is 8.69. The van der Waals surface area contributed by atoms with Crippen LogP contribution in [0.3, 0.4) is 0 Å². The topological polar surface area (TPSA) is 77.2 Å². The molecule has 0 saturated heterocycles. The summed E-state index contributed by atoms with van der Waals surface area (Å²) in [5.41, 5.74) is 5.69. The molecule has 5 nitrogen and oxygen atoms in total. The second-order valence-electron chi connectivity index (χ2n) is 2.95. The molecular weight excluding hydrogens is 194 g/mol. The molecule has 5 heteroatoms. The highest BCUT2D eigenvalue weighted by Crippen LogP contribution is 2.10. The molecule has 0 aromatic carbocycles. The average Bonchev–Trinajstić information content (AvgIpc) is 2.29. The lowest BCUT2D eigenvalue weighted by Crippen LogP contribution is -2.19. The average molecular weight is 209 g/mol. The highest BCUT2D eigenvalue weighted by Gasteiger charge is 2.05. The van der Waals surface area contributed by atoms with Crippen LogP contribution in [0.4, 0.5) is 0 Å². The number of pyridine rings is 1. The molecule has 0 unspecified atom stereocenters. The van der Waals surface area contributed by atoms with Gasteiger partial charge in [0.05, 0.1) is 6.61 Å². The van der Waals surface area contributed by atoms with E-state index in [1.54, 1.807) is 25.4 Å². The van der Waals surface area contributed by atoms with Crippen molar-refractivity contribution in [2.75, 3.05) is 20.2 Å². The van der Waals surface area contributed by atoms with Gasteiger partial charge in [0.15, 0.2) is 0 Å². The summed E-state index contributed by atoms with van der Waals surface area (Å²) in [4.78, 5) is 15.2. The van der Waals surface area contributed by atoms with Gasteiger partial charge < -0.3 is 15.8 Å². The molecule has 0 aliphatic heterocycles. The van der Waals surface area contributed by atoms with Gasteiger partial charge in [0.25, 0.3) is 5.91 Å². The van der Waals surface area contributed by atoms with E-state index in [-0.39, 0.29) is 5.91 Å². The first-order chi connectivity index (χ1) is 7.27. The van der Waals surface area contributed by atoms with Crippen LogP contribution in [-0.4, -0.2) is 31.1 Å². The Morgan fingerprint density at radius 2 is 2.47 bits per heavy atom. The summed E-state index contributed by atoms with van der Waals surface area (Å²) in [5.74, 6) is 0.413. The molecule has 0 aliphatic rings. The quantitative estimate of drug-likeness (QED) is 0.678. The van der Waals surface area contributed by atoms with Gasteiger partial charge in [-0.05, 0) is 19.0 Å². The molecule has 0 saturated carbocycles. The van der Waals surface area contributed by atoms with Crippen LogP contribution in [-0.2, 0) is 0 Å². The second kappa shape index (κ2) is 5.98. The molecule has 15 heavy (non-hydrogen) atoms. The summed E-state index contributed by atoms with van der Waals surface area (Å²) in [5, 5.41) is 2.50. The van der Waals surface area contributed by atoms with Gasteiger partial charge in [-0.2, -0.15) is 0 Å². The van der Waals surface area contributed by atoms with E-state index < -0.39 is 0 Å². The number of carbonyl (C=O) groups is 1. The zero-order chi connectivity index (χ0) is 11.1. The number of nitrogens with one attached hydrogen (secondary N) is 1. The largest absolute Gasteiger partial charge is 0.493 e. The number of hydrogen-bond acceptors (Lipinski definition) is 4. The molecule has 0 bridgehead atoms. The number of ether oxygens (including phenoxy) is 1. The van der Waals surface area contributed by atoms with Crippen molar-refractivity contribution in [1.82, 2.24) is 10.3 Å². The van der Waals surface area contributed by atoms with Gasteiger partial charge in [0.2, 0.25) is 0 Å². The Hall–Kier alpha value is -1.62. The van der Waals surface area contributed by atoms with E-state index in [1.165, 1.54) is 0 Å².